The van der Waals surface area contributed by atoms with Gasteiger partial charge in [-0.25, -0.2) is 0 Å². The first-order valence-corrected chi connectivity index (χ1v) is 22.6. The van der Waals surface area contributed by atoms with Gasteiger partial charge in [0.15, 0.2) is 0 Å². The zero-order valence-corrected chi connectivity index (χ0v) is 36.2. The minimum absolute atomic E-state index is 0.863. The van der Waals surface area contributed by atoms with Crippen LogP contribution in [-0.2, 0) is 0 Å². The van der Waals surface area contributed by atoms with Gasteiger partial charge in [0, 0.05) is 22.3 Å². The van der Waals surface area contributed by atoms with E-state index >= 15 is 0 Å². The van der Waals surface area contributed by atoms with Crippen LogP contribution in [0.15, 0.2) is 265 Å². The highest BCUT2D eigenvalue weighted by Gasteiger charge is 2.23. The lowest BCUT2D eigenvalue weighted by molar-refractivity contribution is 0.670. The monoisotopic (exact) mass is 841 g/mol. The third-order valence-corrected chi connectivity index (χ3v) is 12.9. The van der Waals surface area contributed by atoms with Crippen molar-refractivity contribution in [2.45, 2.75) is 0 Å². The summed E-state index contributed by atoms with van der Waals surface area (Å²) in [5.41, 5.74) is 19.0. The van der Waals surface area contributed by atoms with E-state index in [1.165, 1.54) is 55.3 Å². The predicted molar refractivity (Wildman–Crippen MR) is 279 cm³/mol. The average molecular weight is 842 g/mol. The molecule has 0 amide bonds. The van der Waals surface area contributed by atoms with Crippen LogP contribution in [0.3, 0.4) is 0 Å². The normalized spacial score (nSPS) is 11.3. The van der Waals surface area contributed by atoms with Gasteiger partial charge < -0.3 is 9.32 Å². The Hall–Kier alpha value is -8.72. The lowest BCUT2D eigenvalue weighted by atomic mass is 9.92. The number of nitrogens with zero attached hydrogens (tertiary/aromatic N) is 1. The molecule has 1 aromatic heterocycles. The molecule has 0 fully saturated rings. The maximum atomic E-state index is 6.79. The van der Waals surface area contributed by atoms with Gasteiger partial charge in [0.2, 0.25) is 0 Å². The average Bonchev–Trinajstić information content (AvgIpc) is 3.80. The number of para-hydroxylation sites is 1. The van der Waals surface area contributed by atoms with Crippen molar-refractivity contribution >= 4 is 49.8 Å². The van der Waals surface area contributed by atoms with Crippen LogP contribution in [0.5, 0.6) is 0 Å². The van der Waals surface area contributed by atoms with Crippen LogP contribution in [0.25, 0.3) is 99.5 Å². The van der Waals surface area contributed by atoms with Gasteiger partial charge in [-0.05, 0) is 127 Å². The summed E-state index contributed by atoms with van der Waals surface area (Å²) < 4.78 is 6.79. The summed E-state index contributed by atoms with van der Waals surface area (Å²) in [5, 5.41) is 4.65. The zero-order valence-electron chi connectivity index (χ0n) is 36.2. The highest BCUT2D eigenvalue weighted by atomic mass is 16.3. The lowest BCUT2D eigenvalue weighted by Gasteiger charge is -2.27. The van der Waals surface area contributed by atoms with Crippen molar-refractivity contribution in [1.82, 2.24) is 0 Å². The Morgan fingerprint density at radius 1 is 0.273 bits per heavy atom. The Balaban J connectivity index is 0.981. The van der Waals surface area contributed by atoms with E-state index in [1.807, 2.05) is 6.07 Å². The molecule has 2 nitrogen and oxygen atoms in total. The Labute approximate surface area is 384 Å². The maximum Gasteiger partial charge on any atom is 0.145 e. The molecule has 0 unspecified atom stereocenters. The number of anilines is 3. The molecule has 0 saturated carbocycles. The molecule has 12 rings (SSSR count). The molecule has 0 radical (unpaired) electrons. The molecule has 0 bridgehead atoms. The zero-order chi connectivity index (χ0) is 43.8. The molecular formula is C64H43NO. The van der Waals surface area contributed by atoms with Crippen molar-refractivity contribution in [3.8, 4) is 66.8 Å². The van der Waals surface area contributed by atoms with E-state index in [9.17, 15) is 0 Å². The largest absolute Gasteiger partial charge is 0.455 e. The third-order valence-electron chi connectivity index (χ3n) is 12.9. The number of hydrogen-bond acceptors (Lipinski definition) is 2. The fraction of sp³-hybridized carbons (Fsp3) is 0. The van der Waals surface area contributed by atoms with E-state index in [2.05, 4.69) is 260 Å². The highest BCUT2D eigenvalue weighted by Crippen LogP contribution is 2.47. The molecule has 66 heavy (non-hydrogen) atoms. The molecule has 0 aliphatic heterocycles. The second-order valence-electron chi connectivity index (χ2n) is 16.8. The van der Waals surface area contributed by atoms with E-state index in [-0.39, 0.29) is 0 Å². The molecule has 0 atom stereocenters. The van der Waals surface area contributed by atoms with Gasteiger partial charge in [0.05, 0.1) is 11.1 Å². The SMILES string of the molecule is c1ccc(-c2cccc(-c3ccccc3-c3ccc(N(c4ccc(-c5cccc(-c6cccc7ccccc67)c5)cc4)c4ccc(-c5ccccc5)c5oc6ccccc6c45)cc3)c2)cc1. The smallest absolute Gasteiger partial charge is 0.145 e. The van der Waals surface area contributed by atoms with Crippen LogP contribution in [-0.4, -0.2) is 0 Å². The first-order valence-electron chi connectivity index (χ1n) is 22.6. The van der Waals surface area contributed by atoms with Gasteiger partial charge in [0.1, 0.15) is 11.2 Å². The summed E-state index contributed by atoms with van der Waals surface area (Å²) in [7, 11) is 0. The second-order valence-corrected chi connectivity index (χ2v) is 16.8. The van der Waals surface area contributed by atoms with Crippen LogP contribution in [0, 0.1) is 0 Å². The highest BCUT2D eigenvalue weighted by molar-refractivity contribution is 6.17. The fourth-order valence-electron chi connectivity index (χ4n) is 9.69. The van der Waals surface area contributed by atoms with Crippen molar-refractivity contribution in [2.24, 2.45) is 0 Å². The summed E-state index contributed by atoms with van der Waals surface area (Å²) >= 11 is 0. The molecule has 2 heteroatoms. The summed E-state index contributed by atoms with van der Waals surface area (Å²) in [5.74, 6) is 0. The molecule has 12 aromatic rings. The van der Waals surface area contributed by atoms with Gasteiger partial charge in [-0.2, -0.15) is 0 Å². The van der Waals surface area contributed by atoms with Gasteiger partial charge in [-0.3, -0.25) is 0 Å². The molecular weight excluding hydrogens is 799 g/mol. The van der Waals surface area contributed by atoms with Crippen LogP contribution >= 0.6 is 0 Å². The third kappa shape index (κ3) is 7.12. The molecule has 310 valence electrons. The minimum atomic E-state index is 0.863. The lowest BCUT2D eigenvalue weighted by Crippen LogP contribution is -2.10. The van der Waals surface area contributed by atoms with Crippen molar-refractivity contribution in [3.05, 3.63) is 261 Å². The molecule has 0 aliphatic rings. The molecule has 0 aliphatic carbocycles. The van der Waals surface area contributed by atoms with Crippen LogP contribution < -0.4 is 4.90 Å². The topological polar surface area (TPSA) is 16.4 Å². The molecule has 11 aromatic carbocycles. The van der Waals surface area contributed by atoms with E-state index < -0.39 is 0 Å². The molecule has 1 heterocycles. The van der Waals surface area contributed by atoms with E-state index in [0.29, 0.717) is 0 Å². The van der Waals surface area contributed by atoms with Crippen LogP contribution in [0.4, 0.5) is 17.1 Å². The summed E-state index contributed by atoms with van der Waals surface area (Å²) in [4.78, 5) is 2.38. The van der Waals surface area contributed by atoms with Crippen LogP contribution in [0.1, 0.15) is 0 Å². The van der Waals surface area contributed by atoms with Crippen molar-refractivity contribution in [3.63, 3.8) is 0 Å². The first kappa shape index (κ1) is 38.9. The second kappa shape index (κ2) is 16.8. The summed E-state index contributed by atoms with van der Waals surface area (Å²) in [6.45, 7) is 0. The quantitative estimate of drug-likeness (QED) is 0.144. The van der Waals surface area contributed by atoms with E-state index in [0.717, 1.165) is 61.3 Å². The standard InChI is InChI=1S/C64H43NO/c1-3-16-44(17-4-1)49-22-13-24-51(42-49)57-28-10-9-27-56(57)48-34-38-54(39-35-48)65(61-41-40-59(47-18-5-2-6-19-47)64-63(61)60-29-11-12-31-62(60)66-64)53-36-32-45(33-37-53)50-23-14-25-52(43-50)58-30-15-21-46-20-7-8-26-55(46)58/h1-43H. The first-order chi connectivity index (χ1) is 32.7. The Morgan fingerprint density at radius 2 is 0.727 bits per heavy atom. The van der Waals surface area contributed by atoms with Gasteiger partial charge in [-0.15, -0.1) is 0 Å². The Kier molecular flexibility index (Phi) is 9.89. The molecule has 0 saturated heterocycles. The van der Waals surface area contributed by atoms with E-state index in [4.69, 9.17) is 4.42 Å². The molecule has 0 spiro atoms. The molecule has 0 N–H and O–H groups in total. The Bertz CT molecular complexity index is 3680. The number of fused-ring (bicyclic) bond motifs is 4. The van der Waals surface area contributed by atoms with Gasteiger partial charge in [0.25, 0.3) is 0 Å². The van der Waals surface area contributed by atoms with E-state index in [1.54, 1.807) is 0 Å². The van der Waals surface area contributed by atoms with Crippen molar-refractivity contribution < 1.29 is 4.42 Å². The van der Waals surface area contributed by atoms with Crippen molar-refractivity contribution in [1.29, 1.82) is 0 Å². The maximum absolute atomic E-state index is 6.79. The van der Waals surface area contributed by atoms with Crippen LogP contribution in [0.2, 0.25) is 0 Å². The van der Waals surface area contributed by atoms with Gasteiger partial charge >= 0.3 is 0 Å². The minimum Gasteiger partial charge on any atom is -0.455 e. The predicted octanol–water partition coefficient (Wildman–Crippen LogP) is 18.2. The van der Waals surface area contributed by atoms with Crippen molar-refractivity contribution in [2.75, 3.05) is 4.90 Å². The fourth-order valence-corrected chi connectivity index (χ4v) is 9.69. The summed E-state index contributed by atoms with van der Waals surface area (Å²) in [6, 6.07) is 93.7. The number of furan rings is 1. The Morgan fingerprint density at radius 3 is 1.42 bits per heavy atom. The number of hydrogen-bond donors (Lipinski definition) is 0. The number of benzene rings is 11. The summed E-state index contributed by atoms with van der Waals surface area (Å²) in [6.07, 6.45) is 0. The van der Waals surface area contributed by atoms with Gasteiger partial charge in [-0.1, -0.05) is 206 Å². The number of rotatable bonds is 9.